The van der Waals surface area contributed by atoms with Crippen molar-refractivity contribution in [1.82, 2.24) is 5.43 Å². The van der Waals surface area contributed by atoms with Gasteiger partial charge in [0.15, 0.2) is 5.11 Å². The number of anilines is 1. The summed E-state index contributed by atoms with van der Waals surface area (Å²) in [6.45, 7) is 2.05. The van der Waals surface area contributed by atoms with Gasteiger partial charge in [-0.25, -0.2) is 0 Å². The summed E-state index contributed by atoms with van der Waals surface area (Å²) < 4.78 is 0. The molecule has 2 aliphatic rings. The zero-order valence-corrected chi connectivity index (χ0v) is 11.7. The molecule has 0 spiro atoms. The number of allylic oxidation sites excluding steroid dienone is 2. The number of hydrogen-bond donors (Lipinski definition) is 2. The maximum absolute atomic E-state index is 5.26. The molecule has 3 rings (SSSR count). The van der Waals surface area contributed by atoms with E-state index in [0.717, 1.165) is 24.4 Å². The lowest BCUT2D eigenvalue weighted by molar-refractivity contribution is 0.463. The quantitative estimate of drug-likeness (QED) is 0.492. The van der Waals surface area contributed by atoms with Crippen LogP contribution < -0.4 is 10.7 Å². The van der Waals surface area contributed by atoms with Crippen molar-refractivity contribution in [2.24, 2.45) is 16.9 Å². The summed E-state index contributed by atoms with van der Waals surface area (Å²) in [6, 6.07) is 8.07. The first kappa shape index (κ1) is 12.4. The largest absolute Gasteiger partial charge is 0.331 e. The third-order valence-electron chi connectivity index (χ3n) is 3.86. The Morgan fingerprint density at radius 1 is 1.37 bits per heavy atom. The normalized spacial score (nSPS) is 25.8. The lowest BCUT2D eigenvalue weighted by Gasteiger charge is -2.31. The lowest BCUT2D eigenvalue weighted by atomic mass is 9.74. The van der Waals surface area contributed by atoms with Gasteiger partial charge in [-0.05, 0) is 49.5 Å². The molecule has 0 unspecified atom stereocenters. The van der Waals surface area contributed by atoms with Gasteiger partial charge in [-0.1, -0.05) is 30.4 Å². The molecule has 0 heterocycles. The van der Waals surface area contributed by atoms with Crippen LogP contribution in [0.15, 0.2) is 41.5 Å². The second-order valence-electron chi connectivity index (χ2n) is 5.12. The molecule has 2 N–H and O–H groups in total. The predicted molar refractivity (Wildman–Crippen MR) is 83.3 cm³/mol. The zero-order valence-electron chi connectivity index (χ0n) is 10.9. The summed E-state index contributed by atoms with van der Waals surface area (Å²) in [5.41, 5.74) is 6.39. The van der Waals surface area contributed by atoms with Gasteiger partial charge in [0.25, 0.3) is 0 Å². The number of rotatable bonds is 2. The van der Waals surface area contributed by atoms with Crippen molar-refractivity contribution in [2.75, 3.05) is 5.32 Å². The van der Waals surface area contributed by atoms with Crippen molar-refractivity contribution in [1.29, 1.82) is 0 Å². The fourth-order valence-electron chi connectivity index (χ4n) is 2.65. The maximum atomic E-state index is 5.26. The number of benzene rings is 1. The smallest absolute Gasteiger partial charge is 0.191 e. The van der Waals surface area contributed by atoms with Crippen LogP contribution in [0.2, 0.25) is 0 Å². The van der Waals surface area contributed by atoms with Crippen LogP contribution in [0.3, 0.4) is 0 Å². The Morgan fingerprint density at radius 2 is 2.21 bits per heavy atom. The molecule has 0 saturated heterocycles. The van der Waals surface area contributed by atoms with E-state index in [2.05, 4.69) is 41.0 Å². The van der Waals surface area contributed by atoms with E-state index in [4.69, 9.17) is 12.2 Å². The molecule has 2 atom stereocenters. The molecule has 0 amide bonds. The average Bonchev–Trinajstić information content (AvgIpc) is 2.74. The first-order valence-corrected chi connectivity index (χ1v) is 7.00. The fraction of sp³-hybridized carbons (Fsp3) is 0.333. The Kier molecular flexibility index (Phi) is 3.34. The Morgan fingerprint density at radius 3 is 3.00 bits per heavy atom. The van der Waals surface area contributed by atoms with Crippen LogP contribution in [0.5, 0.6) is 0 Å². The van der Waals surface area contributed by atoms with Crippen LogP contribution >= 0.6 is 12.2 Å². The Bertz CT molecular complexity index is 562. The number of nitrogens with one attached hydrogen (secondary N) is 2. The number of aryl methyl sites for hydroxylation is 1. The van der Waals surface area contributed by atoms with Crippen LogP contribution in [0.25, 0.3) is 0 Å². The van der Waals surface area contributed by atoms with Crippen molar-refractivity contribution in [3.63, 3.8) is 0 Å². The molecule has 1 aromatic carbocycles. The number of hydrazone groups is 1. The second-order valence-corrected chi connectivity index (χ2v) is 5.53. The minimum absolute atomic E-state index is 0.552. The van der Waals surface area contributed by atoms with Gasteiger partial charge in [-0.15, -0.1) is 0 Å². The molecule has 0 aliphatic heterocycles. The summed E-state index contributed by atoms with van der Waals surface area (Å²) in [7, 11) is 0. The van der Waals surface area contributed by atoms with E-state index in [0.29, 0.717) is 11.0 Å². The highest BCUT2D eigenvalue weighted by atomic mass is 32.1. The first-order valence-electron chi connectivity index (χ1n) is 6.60. The Labute approximate surface area is 118 Å². The highest BCUT2D eigenvalue weighted by Gasteiger charge is 2.37. The van der Waals surface area contributed by atoms with Gasteiger partial charge in [0, 0.05) is 17.3 Å². The van der Waals surface area contributed by atoms with Crippen LogP contribution in [0, 0.1) is 18.8 Å². The monoisotopic (exact) mass is 271 g/mol. The summed E-state index contributed by atoms with van der Waals surface area (Å²) >= 11 is 5.26. The maximum Gasteiger partial charge on any atom is 0.191 e. The standard InChI is InChI=1S/C15H17N3S/c1-10-5-2-3-8-13(10)16-15(19)18-17-14-9-11-6-4-7-12(11)14/h2-6,8,11-12H,7,9H2,1H3,(H2,16,18,19)/b17-14-/t11-,12-/m1/s1. The summed E-state index contributed by atoms with van der Waals surface area (Å²) in [6.07, 6.45) is 6.75. The highest BCUT2D eigenvalue weighted by Crippen LogP contribution is 2.40. The molecule has 1 saturated carbocycles. The van der Waals surface area contributed by atoms with E-state index in [1.165, 1.54) is 11.3 Å². The zero-order chi connectivity index (χ0) is 13.2. The average molecular weight is 271 g/mol. The van der Waals surface area contributed by atoms with E-state index in [1.807, 2.05) is 18.2 Å². The molecule has 4 heteroatoms. The molecule has 1 fully saturated rings. The van der Waals surface area contributed by atoms with E-state index < -0.39 is 0 Å². The first-order chi connectivity index (χ1) is 9.24. The number of para-hydroxylation sites is 1. The molecule has 0 aromatic heterocycles. The second kappa shape index (κ2) is 5.13. The molecule has 2 aliphatic carbocycles. The molecule has 98 valence electrons. The molecular formula is C15H17N3S. The number of fused-ring (bicyclic) bond motifs is 1. The predicted octanol–water partition coefficient (Wildman–Crippen LogP) is 3.23. The van der Waals surface area contributed by atoms with Crippen molar-refractivity contribution in [2.45, 2.75) is 19.8 Å². The van der Waals surface area contributed by atoms with Crippen molar-refractivity contribution >= 4 is 28.7 Å². The van der Waals surface area contributed by atoms with Crippen LogP contribution in [-0.4, -0.2) is 10.8 Å². The number of hydrogen-bond acceptors (Lipinski definition) is 2. The lowest BCUT2D eigenvalue weighted by Crippen LogP contribution is -2.36. The van der Waals surface area contributed by atoms with Gasteiger partial charge in [-0.2, -0.15) is 5.10 Å². The molecule has 19 heavy (non-hydrogen) atoms. The van der Waals surface area contributed by atoms with Gasteiger partial charge in [0.05, 0.1) is 0 Å². The van der Waals surface area contributed by atoms with Gasteiger partial charge >= 0.3 is 0 Å². The molecule has 0 radical (unpaired) electrons. The summed E-state index contributed by atoms with van der Waals surface area (Å²) in [5, 5.41) is 8.14. The van der Waals surface area contributed by atoms with Gasteiger partial charge < -0.3 is 5.32 Å². The number of thiocarbonyl (C=S) groups is 1. The van der Waals surface area contributed by atoms with E-state index in [9.17, 15) is 0 Å². The van der Waals surface area contributed by atoms with E-state index in [1.54, 1.807) is 0 Å². The minimum atomic E-state index is 0.552. The van der Waals surface area contributed by atoms with Crippen molar-refractivity contribution in [3.05, 3.63) is 42.0 Å². The summed E-state index contributed by atoms with van der Waals surface area (Å²) in [4.78, 5) is 0. The molecular weight excluding hydrogens is 254 g/mol. The minimum Gasteiger partial charge on any atom is -0.331 e. The van der Waals surface area contributed by atoms with Crippen LogP contribution in [0.1, 0.15) is 18.4 Å². The third kappa shape index (κ3) is 2.54. The fourth-order valence-corrected chi connectivity index (χ4v) is 2.80. The van der Waals surface area contributed by atoms with Crippen LogP contribution in [-0.2, 0) is 0 Å². The topological polar surface area (TPSA) is 36.4 Å². The SMILES string of the molecule is Cc1ccccc1NC(=S)N/N=C1/C[C@H]2C=CC[C@@H]12. The molecule has 3 nitrogen and oxygen atoms in total. The Balaban J connectivity index is 1.55. The highest BCUT2D eigenvalue weighted by molar-refractivity contribution is 7.80. The molecule has 1 aromatic rings. The number of nitrogens with zero attached hydrogens (tertiary/aromatic N) is 1. The van der Waals surface area contributed by atoms with Gasteiger partial charge in [-0.3, -0.25) is 5.43 Å². The van der Waals surface area contributed by atoms with E-state index >= 15 is 0 Å². The molecule has 0 bridgehead atoms. The van der Waals surface area contributed by atoms with E-state index in [-0.39, 0.29) is 0 Å². The van der Waals surface area contributed by atoms with Crippen molar-refractivity contribution in [3.8, 4) is 0 Å². The third-order valence-corrected chi connectivity index (χ3v) is 4.05. The van der Waals surface area contributed by atoms with Gasteiger partial charge in [0.2, 0.25) is 0 Å². The van der Waals surface area contributed by atoms with Gasteiger partial charge in [0.1, 0.15) is 0 Å². The summed E-state index contributed by atoms with van der Waals surface area (Å²) in [5.74, 6) is 1.34. The van der Waals surface area contributed by atoms with Crippen LogP contribution in [0.4, 0.5) is 5.69 Å². The van der Waals surface area contributed by atoms with Crippen molar-refractivity contribution < 1.29 is 0 Å². The Hall–Kier alpha value is -1.68.